The third-order valence-electron chi connectivity index (χ3n) is 2.68. The van der Waals surface area contributed by atoms with Gasteiger partial charge >= 0.3 is 0 Å². The highest BCUT2D eigenvalue weighted by molar-refractivity contribution is 7.90. The highest BCUT2D eigenvalue weighted by Crippen LogP contribution is 2.18. The Balaban J connectivity index is 2.68. The number of hydrogen-bond acceptors (Lipinski definition) is 4. The SMILES string of the molecule is CCC(N)Cc1cc(F)cc(OCCS(C)(=O)=O)c1. The Morgan fingerprint density at radius 1 is 1.37 bits per heavy atom. The fourth-order valence-corrected chi connectivity index (χ4v) is 1.97. The maximum absolute atomic E-state index is 13.4. The Morgan fingerprint density at radius 3 is 2.63 bits per heavy atom. The molecule has 0 radical (unpaired) electrons. The van der Waals surface area contributed by atoms with Crippen LogP contribution < -0.4 is 10.5 Å². The summed E-state index contributed by atoms with van der Waals surface area (Å²) in [5, 5.41) is 0. The molecule has 19 heavy (non-hydrogen) atoms. The number of hydrogen-bond donors (Lipinski definition) is 1. The van der Waals surface area contributed by atoms with Crippen LogP contribution in [0.25, 0.3) is 0 Å². The monoisotopic (exact) mass is 289 g/mol. The Bertz CT molecular complexity index is 517. The van der Waals surface area contributed by atoms with E-state index < -0.39 is 15.7 Å². The molecular weight excluding hydrogens is 269 g/mol. The molecule has 1 atom stereocenters. The average molecular weight is 289 g/mol. The maximum Gasteiger partial charge on any atom is 0.150 e. The first-order valence-corrected chi connectivity index (χ1v) is 8.22. The van der Waals surface area contributed by atoms with Crippen LogP contribution >= 0.6 is 0 Å². The average Bonchev–Trinajstić information content (AvgIpc) is 2.26. The van der Waals surface area contributed by atoms with Crippen molar-refractivity contribution in [2.45, 2.75) is 25.8 Å². The highest BCUT2D eigenvalue weighted by atomic mass is 32.2. The van der Waals surface area contributed by atoms with Crippen LogP contribution in [-0.2, 0) is 16.3 Å². The van der Waals surface area contributed by atoms with Gasteiger partial charge in [0, 0.05) is 18.4 Å². The molecule has 1 unspecified atom stereocenters. The fraction of sp³-hybridized carbons (Fsp3) is 0.538. The smallest absolute Gasteiger partial charge is 0.150 e. The van der Waals surface area contributed by atoms with Crippen molar-refractivity contribution in [2.24, 2.45) is 5.73 Å². The first-order valence-electron chi connectivity index (χ1n) is 6.15. The van der Waals surface area contributed by atoms with E-state index in [1.807, 2.05) is 6.92 Å². The number of ether oxygens (including phenoxy) is 1. The van der Waals surface area contributed by atoms with E-state index in [0.29, 0.717) is 12.2 Å². The first kappa shape index (κ1) is 15.9. The van der Waals surface area contributed by atoms with E-state index in [2.05, 4.69) is 0 Å². The second-order valence-corrected chi connectivity index (χ2v) is 6.91. The standard InChI is InChI=1S/C13H20FNO3S/c1-3-12(15)7-10-6-11(14)9-13(8-10)18-4-5-19(2,16)17/h6,8-9,12H,3-5,7,15H2,1-2H3. The Labute approximate surface area is 113 Å². The number of nitrogens with two attached hydrogens (primary N) is 1. The van der Waals surface area contributed by atoms with E-state index in [9.17, 15) is 12.8 Å². The number of sulfone groups is 1. The molecule has 0 aromatic heterocycles. The second kappa shape index (κ2) is 6.86. The molecule has 4 nitrogen and oxygen atoms in total. The van der Waals surface area contributed by atoms with Gasteiger partial charge in [-0.25, -0.2) is 12.8 Å². The minimum Gasteiger partial charge on any atom is -0.492 e. The Kier molecular flexibility index (Phi) is 5.75. The van der Waals surface area contributed by atoms with Crippen molar-refractivity contribution in [3.8, 4) is 5.75 Å². The molecular formula is C13H20FNO3S. The largest absolute Gasteiger partial charge is 0.492 e. The Morgan fingerprint density at radius 2 is 2.05 bits per heavy atom. The van der Waals surface area contributed by atoms with Crippen LogP contribution in [-0.4, -0.2) is 33.1 Å². The Hall–Kier alpha value is -1.14. The third-order valence-corrected chi connectivity index (χ3v) is 3.58. The van der Waals surface area contributed by atoms with Gasteiger partial charge in [-0.05, 0) is 30.5 Å². The van der Waals surface area contributed by atoms with Gasteiger partial charge in [0.05, 0.1) is 5.75 Å². The molecule has 2 N–H and O–H groups in total. The predicted molar refractivity (Wildman–Crippen MR) is 73.6 cm³/mol. The van der Waals surface area contributed by atoms with Crippen molar-refractivity contribution < 1.29 is 17.5 Å². The number of halogens is 1. The van der Waals surface area contributed by atoms with E-state index in [1.54, 1.807) is 6.07 Å². The lowest BCUT2D eigenvalue weighted by molar-refractivity contribution is 0.338. The fourth-order valence-electron chi connectivity index (χ4n) is 1.58. The summed E-state index contributed by atoms with van der Waals surface area (Å²) in [7, 11) is -3.08. The topological polar surface area (TPSA) is 69.4 Å². The summed E-state index contributed by atoms with van der Waals surface area (Å²) in [5.41, 5.74) is 6.57. The molecule has 0 aliphatic rings. The van der Waals surface area contributed by atoms with Gasteiger partial charge in [-0.1, -0.05) is 6.92 Å². The van der Waals surface area contributed by atoms with E-state index in [-0.39, 0.29) is 18.4 Å². The van der Waals surface area contributed by atoms with Gasteiger partial charge in [-0.15, -0.1) is 0 Å². The molecule has 108 valence electrons. The molecule has 0 aliphatic carbocycles. The zero-order valence-electron chi connectivity index (χ0n) is 11.2. The zero-order chi connectivity index (χ0) is 14.5. The van der Waals surface area contributed by atoms with Crippen LogP contribution in [0.1, 0.15) is 18.9 Å². The lowest BCUT2D eigenvalue weighted by atomic mass is 10.0. The summed E-state index contributed by atoms with van der Waals surface area (Å²) in [6.45, 7) is 1.98. The molecule has 0 bridgehead atoms. The van der Waals surface area contributed by atoms with Crippen molar-refractivity contribution in [1.29, 1.82) is 0 Å². The third kappa shape index (κ3) is 6.54. The zero-order valence-corrected chi connectivity index (χ0v) is 12.0. The van der Waals surface area contributed by atoms with Gasteiger partial charge in [-0.2, -0.15) is 0 Å². The lowest BCUT2D eigenvalue weighted by Gasteiger charge is -2.11. The summed E-state index contributed by atoms with van der Waals surface area (Å²) < 4.78 is 40.6. The van der Waals surface area contributed by atoms with Gasteiger partial charge in [0.15, 0.2) is 9.84 Å². The molecule has 0 spiro atoms. The molecule has 0 heterocycles. The lowest BCUT2D eigenvalue weighted by Crippen LogP contribution is -2.21. The number of benzene rings is 1. The molecule has 0 saturated heterocycles. The van der Waals surface area contributed by atoms with Gasteiger partial charge in [0.1, 0.15) is 18.2 Å². The quantitative estimate of drug-likeness (QED) is 0.826. The van der Waals surface area contributed by atoms with E-state index >= 15 is 0 Å². The van der Waals surface area contributed by atoms with Crippen molar-refractivity contribution in [3.63, 3.8) is 0 Å². The molecule has 0 fully saturated rings. The van der Waals surface area contributed by atoms with Crippen LogP contribution in [0.2, 0.25) is 0 Å². The summed E-state index contributed by atoms with van der Waals surface area (Å²) in [4.78, 5) is 0. The van der Waals surface area contributed by atoms with Gasteiger partial charge < -0.3 is 10.5 Å². The number of rotatable bonds is 7. The highest BCUT2D eigenvalue weighted by Gasteiger charge is 2.07. The van der Waals surface area contributed by atoms with Crippen molar-refractivity contribution >= 4 is 9.84 Å². The molecule has 1 aromatic rings. The minimum atomic E-state index is -3.08. The summed E-state index contributed by atoms with van der Waals surface area (Å²) in [6, 6.07) is 4.33. The summed E-state index contributed by atoms with van der Waals surface area (Å²) in [6.07, 6.45) is 2.51. The van der Waals surface area contributed by atoms with Crippen molar-refractivity contribution in [3.05, 3.63) is 29.6 Å². The van der Waals surface area contributed by atoms with E-state index in [4.69, 9.17) is 10.5 Å². The van der Waals surface area contributed by atoms with Crippen LogP contribution in [0.15, 0.2) is 18.2 Å². The minimum absolute atomic E-state index is 0.0154. The van der Waals surface area contributed by atoms with Crippen molar-refractivity contribution in [2.75, 3.05) is 18.6 Å². The van der Waals surface area contributed by atoms with E-state index in [1.165, 1.54) is 12.1 Å². The van der Waals surface area contributed by atoms with Crippen LogP contribution in [0.3, 0.4) is 0 Å². The predicted octanol–water partition coefficient (Wildman–Crippen LogP) is 1.53. The summed E-state index contributed by atoms with van der Waals surface area (Å²) >= 11 is 0. The molecule has 0 amide bonds. The molecule has 6 heteroatoms. The first-order chi connectivity index (χ1) is 8.80. The maximum atomic E-state index is 13.4. The molecule has 0 aliphatic heterocycles. The van der Waals surface area contributed by atoms with Crippen LogP contribution in [0.4, 0.5) is 4.39 Å². The normalized spacial score (nSPS) is 13.3. The van der Waals surface area contributed by atoms with Crippen molar-refractivity contribution in [1.82, 2.24) is 0 Å². The molecule has 0 saturated carbocycles. The van der Waals surface area contributed by atoms with Crippen LogP contribution in [0.5, 0.6) is 5.75 Å². The van der Waals surface area contributed by atoms with Gasteiger partial charge in [-0.3, -0.25) is 0 Å². The van der Waals surface area contributed by atoms with Crippen LogP contribution in [0, 0.1) is 5.82 Å². The van der Waals surface area contributed by atoms with E-state index in [0.717, 1.165) is 18.2 Å². The van der Waals surface area contributed by atoms with Gasteiger partial charge in [0.25, 0.3) is 0 Å². The molecule has 1 aromatic carbocycles. The molecule has 1 rings (SSSR count). The summed E-state index contributed by atoms with van der Waals surface area (Å²) in [5.74, 6) is -0.162. The second-order valence-electron chi connectivity index (χ2n) is 4.65. The van der Waals surface area contributed by atoms with Gasteiger partial charge in [0.2, 0.25) is 0 Å².